The van der Waals surface area contributed by atoms with Crippen LogP contribution >= 0.6 is 0 Å². The van der Waals surface area contributed by atoms with Crippen molar-refractivity contribution >= 4 is 22.5 Å². The molecule has 0 saturated heterocycles. The quantitative estimate of drug-likeness (QED) is 0.716. The maximum atomic E-state index is 11.3. The van der Waals surface area contributed by atoms with Gasteiger partial charge in [0.05, 0.1) is 16.9 Å². The molecule has 0 aliphatic carbocycles. The molecule has 6 nitrogen and oxygen atoms in total. The minimum atomic E-state index is -0.473. The number of nitrogens with two attached hydrogens (primary N) is 1. The summed E-state index contributed by atoms with van der Waals surface area (Å²) in [6, 6.07) is 7.46. The number of benzene rings is 1. The van der Waals surface area contributed by atoms with Crippen molar-refractivity contribution in [3.8, 4) is 0 Å². The molecule has 0 aliphatic rings. The average molecular weight is 284 g/mol. The van der Waals surface area contributed by atoms with Gasteiger partial charge in [-0.15, -0.1) is 0 Å². The van der Waals surface area contributed by atoms with Crippen LogP contribution in [0.5, 0.6) is 0 Å². The van der Waals surface area contributed by atoms with Gasteiger partial charge in [-0.05, 0) is 30.7 Å². The molecule has 0 bridgehead atoms. The molecule has 0 aliphatic heterocycles. The lowest BCUT2D eigenvalue weighted by molar-refractivity contribution is 0.555. The summed E-state index contributed by atoms with van der Waals surface area (Å²) in [4.78, 5) is 20.1. The van der Waals surface area contributed by atoms with E-state index in [-0.39, 0.29) is 0 Å². The van der Waals surface area contributed by atoms with E-state index in [2.05, 4.69) is 21.8 Å². The van der Waals surface area contributed by atoms with Crippen LogP contribution in [0.4, 0.5) is 11.4 Å². The number of fused-ring (bicyclic) bond motifs is 1. The first-order chi connectivity index (χ1) is 10.2. The third-order valence-electron chi connectivity index (χ3n) is 3.41. The van der Waals surface area contributed by atoms with Gasteiger partial charge in [0.1, 0.15) is 0 Å². The van der Waals surface area contributed by atoms with Crippen LogP contribution in [0, 0.1) is 0 Å². The van der Waals surface area contributed by atoms with Gasteiger partial charge in [0, 0.05) is 31.5 Å². The molecule has 108 valence electrons. The van der Waals surface area contributed by atoms with Crippen LogP contribution < -0.4 is 16.4 Å². The fourth-order valence-electron chi connectivity index (χ4n) is 2.35. The van der Waals surface area contributed by atoms with E-state index in [1.807, 2.05) is 18.2 Å². The maximum absolute atomic E-state index is 11.3. The molecule has 6 heteroatoms. The average Bonchev–Trinajstić information content (AvgIpc) is 2.84. The lowest BCUT2D eigenvalue weighted by Gasteiger charge is -2.24. The number of hydrogen-bond donors (Lipinski definition) is 2. The number of anilines is 2. The van der Waals surface area contributed by atoms with Crippen molar-refractivity contribution in [3.63, 3.8) is 0 Å². The summed E-state index contributed by atoms with van der Waals surface area (Å²) in [6.07, 6.45) is 3.53. The van der Waals surface area contributed by atoms with E-state index in [1.165, 1.54) is 0 Å². The number of H-pyrrole nitrogens is 1. The Morgan fingerprint density at radius 2 is 2.10 bits per heavy atom. The van der Waals surface area contributed by atoms with Crippen molar-refractivity contribution in [2.24, 2.45) is 0 Å². The number of nitrogen functional groups attached to an aromatic ring is 1. The number of pyridine rings is 1. The van der Waals surface area contributed by atoms with Crippen molar-refractivity contribution in [1.82, 2.24) is 9.97 Å². The van der Waals surface area contributed by atoms with E-state index in [9.17, 15) is 4.79 Å². The van der Waals surface area contributed by atoms with Crippen molar-refractivity contribution in [2.75, 3.05) is 17.2 Å². The highest BCUT2D eigenvalue weighted by atomic mass is 16.4. The van der Waals surface area contributed by atoms with E-state index in [0.717, 1.165) is 24.3 Å². The lowest BCUT2D eigenvalue weighted by Crippen LogP contribution is -2.23. The first-order valence-electron chi connectivity index (χ1n) is 6.73. The first-order valence-corrected chi connectivity index (χ1v) is 6.73. The van der Waals surface area contributed by atoms with Gasteiger partial charge in [0.15, 0.2) is 5.58 Å². The fraction of sp³-hybridized carbons (Fsp3) is 0.200. The number of oxazole rings is 1. The summed E-state index contributed by atoms with van der Waals surface area (Å²) in [5.74, 6) is -0.473. The number of aromatic amines is 1. The monoisotopic (exact) mass is 284 g/mol. The molecule has 0 radical (unpaired) electrons. The van der Waals surface area contributed by atoms with E-state index in [1.54, 1.807) is 18.5 Å². The molecule has 0 spiro atoms. The molecule has 21 heavy (non-hydrogen) atoms. The molecule has 2 heterocycles. The predicted molar refractivity (Wildman–Crippen MR) is 82.2 cm³/mol. The zero-order valence-electron chi connectivity index (χ0n) is 11.7. The molecule has 2 aromatic heterocycles. The Bertz CT molecular complexity index is 807. The Hall–Kier alpha value is -2.76. The largest absolute Gasteiger partial charge is 0.417 e. The third kappa shape index (κ3) is 2.60. The van der Waals surface area contributed by atoms with Crippen molar-refractivity contribution in [1.29, 1.82) is 0 Å². The second-order valence-electron chi connectivity index (χ2n) is 4.79. The van der Waals surface area contributed by atoms with Crippen LogP contribution in [0.25, 0.3) is 11.1 Å². The Balaban J connectivity index is 2.00. The van der Waals surface area contributed by atoms with Gasteiger partial charge in [-0.25, -0.2) is 4.79 Å². The normalized spacial score (nSPS) is 10.9. The summed E-state index contributed by atoms with van der Waals surface area (Å²) in [7, 11) is 0. The second kappa shape index (κ2) is 5.32. The first kappa shape index (κ1) is 13.2. The fourth-order valence-corrected chi connectivity index (χ4v) is 2.35. The second-order valence-corrected chi connectivity index (χ2v) is 4.79. The maximum Gasteiger partial charge on any atom is 0.417 e. The zero-order valence-corrected chi connectivity index (χ0v) is 11.7. The van der Waals surface area contributed by atoms with Crippen molar-refractivity contribution in [3.05, 3.63) is 52.8 Å². The van der Waals surface area contributed by atoms with Gasteiger partial charge in [-0.2, -0.15) is 0 Å². The molecule has 1 aromatic carbocycles. The zero-order chi connectivity index (χ0) is 14.8. The molecule has 0 atom stereocenters. The van der Waals surface area contributed by atoms with Crippen LogP contribution in [-0.4, -0.2) is 16.5 Å². The SMILES string of the molecule is CCN(Cc1ccncc1)c1cc2[nH]c(=O)oc2cc1N. The minimum absolute atomic E-state index is 0.473. The number of nitrogens with zero attached hydrogens (tertiary/aromatic N) is 2. The van der Waals surface area contributed by atoms with Crippen molar-refractivity contribution in [2.45, 2.75) is 13.5 Å². The lowest BCUT2D eigenvalue weighted by atomic mass is 10.2. The van der Waals surface area contributed by atoms with Crippen LogP contribution in [0.2, 0.25) is 0 Å². The molecule has 3 rings (SSSR count). The summed E-state index contributed by atoms with van der Waals surface area (Å²) in [6.45, 7) is 3.57. The van der Waals surface area contributed by atoms with E-state index >= 15 is 0 Å². The third-order valence-corrected chi connectivity index (χ3v) is 3.41. The predicted octanol–water partition coefficient (Wildman–Crippen LogP) is 2.12. The van der Waals surface area contributed by atoms with Crippen molar-refractivity contribution < 1.29 is 4.42 Å². The van der Waals surface area contributed by atoms with E-state index in [0.29, 0.717) is 16.8 Å². The Labute approximate surface area is 121 Å². The Morgan fingerprint density at radius 1 is 1.33 bits per heavy atom. The van der Waals surface area contributed by atoms with Crippen LogP contribution in [0.3, 0.4) is 0 Å². The molecule has 0 saturated carbocycles. The van der Waals surface area contributed by atoms with Crippen LogP contribution in [0.1, 0.15) is 12.5 Å². The molecule has 3 aromatic rings. The summed E-state index contributed by atoms with van der Waals surface area (Å²) < 4.78 is 5.02. The molecule has 3 N–H and O–H groups in total. The Morgan fingerprint density at radius 3 is 2.81 bits per heavy atom. The van der Waals surface area contributed by atoms with Gasteiger partial charge in [0.25, 0.3) is 0 Å². The van der Waals surface area contributed by atoms with Gasteiger partial charge < -0.3 is 15.1 Å². The van der Waals surface area contributed by atoms with E-state index in [4.69, 9.17) is 10.2 Å². The minimum Gasteiger partial charge on any atom is -0.408 e. The van der Waals surface area contributed by atoms with E-state index < -0.39 is 5.76 Å². The number of nitrogens with one attached hydrogen (secondary N) is 1. The van der Waals surface area contributed by atoms with Gasteiger partial charge >= 0.3 is 5.76 Å². The highest BCUT2D eigenvalue weighted by molar-refractivity contribution is 5.85. The van der Waals surface area contributed by atoms with Crippen LogP contribution in [-0.2, 0) is 6.54 Å². The molecular weight excluding hydrogens is 268 g/mol. The smallest absolute Gasteiger partial charge is 0.408 e. The highest BCUT2D eigenvalue weighted by Gasteiger charge is 2.12. The molecular formula is C15H16N4O2. The molecule has 0 fully saturated rings. The van der Waals surface area contributed by atoms with Crippen LogP contribution in [0.15, 0.2) is 45.9 Å². The molecule has 0 amide bonds. The summed E-state index contributed by atoms with van der Waals surface area (Å²) in [5.41, 5.74) is 9.82. The molecule has 0 unspecified atom stereocenters. The number of aromatic nitrogens is 2. The summed E-state index contributed by atoms with van der Waals surface area (Å²) in [5, 5.41) is 0. The number of hydrogen-bond acceptors (Lipinski definition) is 5. The van der Waals surface area contributed by atoms with Gasteiger partial charge in [-0.3, -0.25) is 9.97 Å². The Kier molecular flexibility index (Phi) is 3.35. The highest BCUT2D eigenvalue weighted by Crippen LogP contribution is 2.28. The van der Waals surface area contributed by atoms with Gasteiger partial charge in [0.2, 0.25) is 0 Å². The summed E-state index contributed by atoms with van der Waals surface area (Å²) >= 11 is 0. The number of rotatable bonds is 4. The van der Waals surface area contributed by atoms with Gasteiger partial charge in [-0.1, -0.05) is 0 Å². The standard InChI is InChI=1S/C15H16N4O2/c1-2-19(9-10-3-5-17-6-4-10)13-8-12-14(7-11(13)16)21-15(20)18-12/h3-8H,2,9,16H2,1H3,(H,18,20). The topological polar surface area (TPSA) is 88.2 Å².